The summed E-state index contributed by atoms with van der Waals surface area (Å²) in [5.74, 6) is -2.65. The average molecular weight is 454 g/mol. The summed E-state index contributed by atoms with van der Waals surface area (Å²) < 4.78 is 6.11. The van der Waals surface area contributed by atoms with E-state index in [0.29, 0.717) is 16.9 Å². The number of nitrogen functional groups attached to an aromatic ring is 1. The first kappa shape index (κ1) is 20.4. The highest BCUT2D eigenvalue weighted by molar-refractivity contribution is 6.16. The van der Waals surface area contributed by atoms with Crippen LogP contribution in [0.1, 0.15) is 57.2 Å². The van der Waals surface area contributed by atoms with Crippen LogP contribution in [-0.2, 0) is 11.3 Å². The molecule has 0 spiro atoms. The van der Waals surface area contributed by atoms with Gasteiger partial charge in [-0.15, -0.1) is 0 Å². The van der Waals surface area contributed by atoms with Crippen molar-refractivity contribution in [1.82, 2.24) is 15.5 Å². The monoisotopic (exact) mass is 454 g/mol. The Bertz CT molecular complexity index is 1520. The van der Waals surface area contributed by atoms with Gasteiger partial charge < -0.3 is 20.9 Å². The highest BCUT2D eigenvalue weighted by atomic mass is 16.6. The molecule has 2 unspecified atom stereocenters. The summed E-state index contributed by atoms with van der Waals surface area (Å²) in [5.41, 5.74) is 7.30. The summed E-state index contributed by atoms with van der Waals surface area (Å²) in [5, 5.41) is 22.4. The smallest absolute Gasteiger partial charge is 0.271 e. The van der Waals surface area contributed by atoms with E-state index in [1.54, 1.807) is 54.7 Å². The largest absolute Gasteiger partial charge is 0.454 e. The zero-order chi connectivity index (χ0) is 23.8. The molecule has 0 bridgehead atoms. The summed E-state index contributed by atoms with van der Waals surface area (Å²) in [6.45, 7) is 4.08. The average Bonchev–Trinajstić information content (AvgIpc) is 3.43. The van der Waals surface area contributed by atoms with Gasteiger partial charge in [0, 0.05) is 27.8 Å². The number of aromatic amines is 1. The zero-order valence-corrected chi connectivity index (χ0v) is 18.5. The van der Waals surface area contributed by atoms with Gasteiger partial charge in [-0.3, -0.25) is 14.7 Å². The number of nitrogens with zero attached hydrogens (tertiary/aromatic N) is 1. The number of nitrogens with one attached hydrogen (secondary N) is 2. The van der Waals surface area contributed by atoms with E-state index < -0.39 is 23.0 Å². The molecule has 5 N–H and O–H groups in total. The first-order valence-electron chi connectivity index (χ1n) is 11.0. The van der Waals surface area contributed by atoms with Crippen molar-refractivity contribution in [3.63, 3.8) is 0 Å². The Morgan fingerprint density at radius 2 is 1.97 bits per heavy atom. The predicted octanol–water partition coefficient (Wildman–Crippen LogP) is 3.33. The predicted molar refractivity (Wildman–Crippen MR) is 125 cm³/mol. The van der Waals surface area contributed by atoms with E-state index in [9.17, 15) is 14.7 Å². The number of rotatable bonds is 3. The Morgan fingerprint density at radius 3 is 2.76 bits per heavy atom. The number of carbonyl (C=O) groups is 2. The van der Waals surface area contributed by atoms with E-state index in [1.165, 1.54) is 0 Å². The number of carbonyl (C=O) groups excluding carboxylic acids is 2. The van der Waals surface area contributed by atoms with Crippen LogP contribution >= 0.6 is 0 Å². The second-order valence-electron chi connectivity index (χ2n) is 9.13. The van der Waals surface area contributed by atoms with Crippen molar-refractivity contribution in [3.05, 3.63) is 88.6 Å². The van der Waals surface area contributed by atoms with Crippen LogP contribution in [0.25, 0.3) is 10.9 Å². The maximum Gasteiger partial charge on any atom is 0.271 e. The first-order chi connectivity index (χ1) is 16.3. The molecular weight excluding hydrogens is 432 g/mol. The number of ketones is 1. The fraction of sp³-hybridized carbons (Fsp3) is 0.192. The van der Waals surface area contributed by atoms with Gasteiger partial charge >= 0.3 is 0 Å². The lowest BCUT2D eigenvalue weighted by Gasteiger charge is -2.34. The molecule has 0 saturated carbocycles. The highest BCUT2D eigenvalue weighted by Gasteiger charge is 2.72. The van der Waals surface area contributed by atoms with E-state index in [-0.39, 0.29) is 22.7 Å². The summed E-state index contributed by atoms with van der Waals surface area (Å²) >= 11 is 0. The molecule has 0 fully saturated rings. The molecule has 1 amide bonds. The maximum absolute atomic E-state index is 14.0. The number of nitrogens with two attached hydrogens (primary N) is 1. The number of hydrogen-bond acceptors (Lipinski definition) is 6. The van der Waals surface area contributed by atoms with E-state index >= 15 is 0 Å². The number of ether oxygens (including phenoxy) is 1. The fourth-order valence-corrected chi connectivity index (χ4v) is 5.07. The summed E-state index contributed by atoms with van der Waals surface area (Å²) in [6.07, 6.45) is 1.61. The third-order valence-corrected chi connectivity index (χ3v) is 6.88. The van der Waals surface area contributed by atoms with Crippen molar-refractivity contribution in [2.45, 2.75) is 31.1 Å². The van der Waals surface area contributed by atoms with Crippen LogP contribution in [0.2, 0.25) is 0 Å². The van der Waals surface area contributed by atoms with E-state index in [2.05, 4.69) is 15.5 Å². The topological polar surface area (TPSA) is 130 Å². The van der Waals surface area contributed by atoms with Gasteiger partial charge in [0.1, 0.15) is 5.75 Å². The number of anilines is 1. The van der Waals surface area contributed by atoms with Crippen molar-refractivity contribution in [2.75, 3.05) is 5.73 Å². The quantitative estimate of drug-likeness (QED) is 0.351. The van der Waals surface area contributed by atoms with Crippen LogP contribution in [0.5, 0.6) is 5.75 Å². The minimum absolute atomic E-state index is 0.147. The van der Waals surface area contributed by atoms with Gasteiger partial charge in [-0.2, -0.15) is 5.10 Å². The zero-order valence-electron chi connectivity index (χ0n) is 18.5. The van der Waals surface area contributed by atoms with E-state index in [4.69, 9.17) is 10.5 Å². The molecule has 8 heteroatoms. The van der Waals surface area contributed by atoms with Gasteiger partial charge in [-0.25, -0.2) is 0 Å². The van der Waals surface area contributed by atoms with Crippen LogP contribution < -0.4 is 15.8 Å². The van der Waals surface area contributed by atoms with Crippen LogP contribution in [0.3, 0.4) is 0 Å². The SMILES string of the molecule is CC(C)c1ccc2c(c1)OC1(O)c3cccc(N)c3C(=O)C21NC(=O)c1ccc2[nH]ncc2c1. The number of H-pyrrole nitrogens is 1. The Morgan fingerprint density at radius 1 is 1.15 bits per heavy atom. The molecule has 1 aliphatic carbocycles. The number of aromatic nitrogens is 2. The molecule has 4 aromatic rings. The highest BCUT2D eigenvalue weighted by Crippen LogP contribution is 2.59. The second kappa shape index (κ2) is 6.68. The van der Waals surface area contributed by atoms with Crippen LogP contribution in [0.4, 0.5) is 5.69 Å². The lowest BCUT2D eigenvalue weighted by atomic mass is 9.82. The third-order valence-electron chi connectivity index (χ3n) is 6.88. The number of hydrogen-bond donors (Lipinski definition) is 4. The van der Waals surface area contributed by atoms with Crippen molar-refractivity contribution in [3.8, 4) is 5.75 Å². The number of fused-ring (bicyclic) bond motifs is 6. The number of benzene rings is 3. The lowest BCUT2D eigenvalue weighted by Crippen LogP contribution is -2.60. The second-order valence-corrected chi connectivity index (χ2v) is 9.13. The first-order valence-corrected chi connectivity index (χ1v) is 11.0. The number of Topliss-reactive ketones (excluding diaryl/α,β-unsaturated/α-hetero) is 1. The summed E-state index contributed by atoms with van der Waals surface area (Å²) in [4.78, 5) is 27.5. The molecule has 0 radical (unpaired) electrons. The molecule has 34 heavy (non-hydrogen) atoms. The Kier molecular flexibility index (Phi) is 4.01. The Balaban J connectivity index is 1.55. The molecule has 3 aromatic carbocycles. The molecule has 8 nitrogen and oxygen atoms in total. The molecule has 2 atom stereocenters. The van der Waals surface area contributed by atoms with Gasteiger partial charge in [-0.05, 0) is 41.8 Å². The van der Waals surface area contributed by atoms with Crippen LogP contribution in [0.15, 0.2) is 60.8 Å². The third kappa shape index (κ3) is 2.43. The van der Waals surface area contributed by atoms with E-state index in [0.717, 1.165) is 16.5 Å². The summed E-state index contributed by atoms with van der Waals surface area (Å²) in [7, 11) is 0. The van der Waals surface area contributed by atoms with Crippen molar-refractivity contribution in [1.29, 1.82) is 0 Å². The molecule has 1 aromatic heterocycles. The van der Waals surface area contributed by atoms with Crippen LogP contribution in [0, 0.1) is 0 Å². The molecule has 1 aliphatic heterocycles. The number of aliphatic hydroxyl groups is 1. The molecule has 170 valence electrons. The Labute approximate surface area is 194 Å². The van der Waals surface area contributed by atoms with Gasteiger partial charge in [0.15, 0.2) is 0 Å². The number of amides is 1. The minimum atomic E-state index is -2.15. The minimum Gasteiger partial charge on any atom is -0.454 e. The van der Waals surface area contributed by atoms with Gasteiger partial charge in [0.2, 0.25) is 11.3 Å². The molecule has 6 rings (SSSR count). The summed E-state index contributed by atoms with van der Waals surface area (Å²) in [6, 6.07) is 15.3. The molecule has 2 heterocycles. The van der Waals surface area contributed by atoms with E-state index in [1.807, 2.05) is 19.9 Å². The standard InChI is InChI=1S/C26H22N4O4/c1-13(2)14-6-8-17-21(11-14)34-26(33)18-4-3-5-19(27)22(18)23(31)25(17,26)29-24(32)15-7-9-20-16(10-15)12-28-30-20/h3-13,33H,27H2,1-2H3,(H,28,30)(H,29,32). The van der Waals surface area contributed by atoms with Gasteiger partial charge in [-0.1, -0.05) is 38.1 Å². The van der Waals surface area contributed by atoms with Gasteiger partial charge in [0.25, 0.3) is 11.7 Å². The van der Waals surface area contributed by atoms with Crippen molar-refractivity contribution in [2.24, 2.45) is 0 Å². The van der Waals surface area contributed by atoms with Crippen LogP contribution in [-0.4, -0.2) is 27.0 Å². The van der Waals surface area contributed by atoms with Crippen molar-refractivity contribution < 1.29 is 19.4 Å². The van der Waals surface area contributed by atoms with Crippen molar-refractivity contribution >= 4 is 28.3 Å². The van der Waals surface area contributed by atoms with Gasteiger partial charge in [0.05, 0.1) is 17.3 Å². The molecule has 2 aliphatic rings. The molecule has 0 saturated heterocycles. The Hall–Kier alpha value is -4.17. The maximum atomic E-state index is 14.0. The fourth-order valence-electron chi connectivity index (χ4n) is 5.07. The normalized spacial score (nSPS) is 22.4. The molecular formula is C26H22N4O4. The lowest BCUT2D eigenvalue weighted by molar-refractivity contribution is -0.169.